The molecule has 0 bridgehead atoms. The van der Waals surface area contributed by atoms with Gasteiger partial charge in [0.1, 0.15) is 43.7 Å². The van der Waals surface area contributed by atoms with Crippen molar-refractivity contribution in [3.05, 3.63) is 105 Å². The van der Waals surface area contributed by atoms with Crippen molar-refractivity contribution in [3.8, 4) is 34.1 Å². The summed E-state index contributed by atoms with van der Waals surface area (Å²) in [5.41, 5.74) is 7.58. The molecule has 0 radical (unpaired) electrons. The van der Waals surface area contributed by atoms with Crippen LogP contribution in [0, 0.1) is 12.7 Å². The maximum Gasteiger partial charge on any atom is 0.161 e. The van der Waals surface area contributed by atoms with Gasteiger partial charge in [0, 0.05) is 18.2 Å². The topological polar surface area (TPSA) is 69.2 Å². The number of benzene rings is 4. The number of nitrogens with one attached hydrogen (secondary N) is 1. The molecule has 39 heavy (non-hydrogen) atoms. The van der Waals surface area contributed by atoms with E-state index >= 15 is 0 Å². The molecule has 0 atom stereocenters. The summed E-state index contributed by atoms with van der Waals surface area (Å²) in [5.74, 6) is 1.87. The Balaban J connectivity index is 1.35. The van der Waals surface area contributed by atoms with E-state index in [-0.39, 0.29) is 24.8 Å². The van der Waals surface area contributed by atoms with Crippen molar-refractivity contribution < 1.29 is 28.5 Å². The van der Waals surface area contributed by atoms with Gasteiger partial charge in [-0.3, -0.25) is 0 Å². The fourth-order valence-corrected chi connectivity index (χ4v) is 4.80. The highest BCUT2D eigenvalue weighted by atomic mass is 35.5. The quantitative estimate of drug-likeness (QED) is 0.203. The Hall–Kier alpha value is -3.49. The van der Waals surface area contributed by atoms with Crippen LogP contribution in [0.1, 0.15) is 22.3 Å². The minimum atomic E-state index is -0.499. The molecule has 4 aromatic carbocycles. The van der Waals surface area contributed by atoms with E-state index in [2.05, 4.69) is 11.5 Å². The van der Waals surface area contributed by atoms with E-state index in [1.165, 1.54) is 12.1 Å². The molecule has 0 amide bonds. The zero-order valence-electron chi connectivity index (χ0n) is 21.1. The van der Waals surface area contributed by atoms with E-state index in [0.29, 0.717) is 40.9 Å². The Morgan fingerprint density at radius 2 is 1.64 bits per heavy atom. The zero-order valence-corrected chi connectivity index (χ0v) is 22.6. The Morgan fingerprint density at radius 3 is 2.44 bits per heavy atom. The molecule has 0 spiro atoms. The van der Waals surface area contributed by atoms with Gasteiger partial charge in [-0.1, -0.05) is 53.5 Å². The number of halogens is 3. The molecule has 0 unspecified atom stereocenters. The van der Waals surface area contributed by atoms with Crippen molar-refractivity contribution in [2.45, 2.75) is 26.7 Å². The molecule has 4 aromatic rings. The summed E-state index contributed by atoms with van der Waals surface area (Å²) in [5, 5.41) is 9.66. The number of hydroxylamine groups is 1. The molecule has 2 N–H and O–H groups in total. The van der Waals surface area contributed by atoms with Crippen molar-refractivity contribution in [1.82, 2.24) is 5.48 Å². The van der Waals surface area contributed by atoms with E-state index < -0.39 is 5.82 Å². The van der Waals surface area contributed by atoms with Crippen molar-refractivity contribution in [2.75, 3.05) is 13.2 Å². The number of rotatable bonds is 9. The minimum Gasteiger partial charge on any atom is -0.488 e. The lowest BCUT2D eigenvalue weighted by Crippen LogP contribution is -2.15. The average Bonchev–Trinajstić information content (AvgIpc) is 2.94. The second-order valence-corrected chi connectivity index (χ2v) is 9.81. The standard InChI is InChI=1S/C30H26Cl2FNO5/c1-18-21(3-2-4-23(18)20-6-8-27-30(13-20)37-10-9-36-27)17-39-29-14-28(22(15-34-35)12-25(29)32)38-16-19-5-7-26(33)24(31)11-19/h2-8,11-14,34-35H,9-10,15-17H2,1H3. The highest BCUT2D eigenvalue weighted by Gasteiger charge is 2.16. The fourth-order valence-electron chi connectivity index (χ4n) is 4.35. The third kappa shape index (κ3) is 6.23. The summed E-state index contributed by atoms with van der Waals surface area (Å²) in [6.45, 7) is 3.64. The predicted octanol–water partition coefficient (Wildman–Crippen LogP) is 7.52. The first-order valence-electron chi connectivity index (χ1n) is 12.3. The molecule has 0 aliphatic carbocycles. The molecule has 0 saturated heterocycles. The van der Waals surface area contributed by atoms with Crippen LogP contribution in [-0.4, -0.2) is 18.4 Å². The first kappa shape index (κ1) is 27.1. The fraction of sp³-hybridized carbons (Fsp3) is 0.200. The molecule has 0 saturated carbocycles. The summed E-state index contributed by atoms with van der Waals surface area (Å²) in [6, 6.07) is 19.7. The molecule has 1 aliphatic rings. The van der Waals surface area contributed by atoms with Gasteiger partial charge in [-0.15, -0.1) is 0 Å². The van der Waals surface area contributed by atoms with E-state index in [9.17, 15) is 9.60 Å². The Labute approximate surface area is 235 Å². The highest BCUT2D eigenvalue weighted by molar-refractivity contribution is 6.32. The molecule has 202 valence electrons. The smallest absolute Gasteiger partial charge is 0.161 e. The Kier molecular flexibility index (Phi) is 8.43. The molecule has 5 rings (SSSR count). The Bertz CT molecular complexity index is 1500. The molecular weight excluding hydrogens is 544 g/mol. The maximum absolute atomic E-state index is 13.5. The molecule has 0 fully saturated rings. The molecule has 1 aliphatic heterocycles. The summed E-state index contributed by atoms with van der Waals surface area (Å²) in [6.07, 6.45) is 0. The molecule has 0 aromatic heterocycles. The van der Waals surface area contributed by atoms with Crippen molar-refractivity contribution in [2.24, 2.45) is 0 Å². The van der Waals surface area contributed by atoms with Crippen molar-refractivity contribution in [1.29, 1.82) is 0 Å². The molecule has 6 nitrogen and oxygen atoms in total. The zero-order chi connectivity index (χ0) is 27.4. The van der Waals surface area contributed by atoms with Crippen LogP contribution in [0.3, 0.4) is 0 Å². The maximum atomic E-state index is 13.5. The summed E-state index contributed by atoms with van der Waals surface area (Å²) < 4.78 is 37.0. The monoisotopic (exact) mass is 569 g/mol. The van der Waals surface area contributed by atoms with Crippen LogP contribution in [0.4, 0.5) is 4.39 Å². The van der Waals surface area contributed by atoms with Crippen molar-refractivity contribution >= 4 is 23.2 Å². The molecule has 9 heteroatoms. The second-order valence-electron chi connectivity index (χ2n) is 9.00. The first-order chi connectivity index (χ1) is 18.9. The van der Waals surface area contributed by atoms with Gasteiger partial charge in [-0.25, -0.2) is 9.87 Å². The highest BCUT2D eigenvalue weighted by Crippen LogP contribution is 2.37. The minimum absolute atomic E-state index is 0.0160. The predicted molar refractivity (Wildman–Crippen MR) is 148 cm³/mol. The van der Waals surface area contributed by atoms with Crippen LogP contribution in [0.5, 0.6) is 23.0 Å². The van der Waals surface area contributed by atoms with Crippen LogP contribution in [0.15, 0.2) is 66.7 Å². The van der Waals surface area contributed by atoms with Crippen LogP contribution >= 0.6 is 23.2 Å². The SMILES string of the molecule is Cc1c(COc2cc(OCc3ccc(F)c(Cl)c3)c(CNO)cc2Cl)cccc1-c1ccc2c(c1)OCCO2. The van der Waals surface area contributed by atoms with E-state index in [4.69, 9.17) is 42.1 Å². The third-order valence-electron chi connectivity index (χ3n) is 6.45. The lowest BCUT2D eigenvalue weighted by atomic mass is 9.96. The summed E-state index contributed by atoms with van der Waals surface area (Å²) in [7, 11) is 0. The van der Waals surface area contributed by atoms with Gasteiger partial charge in [0.25, 0.3) is 0 Å². The number of fused-ring (bicyclic) bond motifs is 1. The largest absolute Gasteiger partial charge is 0.488 e. The van der Waals surface area contributed by atoms with Crippen LogP contribution in [0.2, 0.25) is 10.0 Å². The van der Waals surface area contributed by atoms with E-state index in [0.717, 1.165) is 33.8 Å². The second kappa shape index (κ2) is 12.1. The van der Waals surface area contributed by atoms with E-state index in [1.54, 1.807) is 18.2 Å². The van der Waals surface area contributed by atoms with Crippen molar-refractivity contribution in [3.63, 3.8) is 0 Å². The lowest BCUT2D eigenvalue weighted by Gasteiger charge is -2.20. The van der Waals surface area contributed by atoms with Gasteiger partial charge in [0.05, 0.1) is 10.0 Å². The first-order valence-corrected chi connectivity index (χ1v) is 13.1. The van der Waals surface area contributed by atoms with Gasteiger partial charge in [0.2, 0.25) is 0 Å². The lowest BCUT2D eigenvalue weighted by molar-refractivity contribution is 0.159. The third-order valence-corrected chi connectivity index (χ3v) is 7.03. The Morgan fingerprint density at radius 1 is 0.846 bits per heavy atom. The molecule has 1 heterocycles. The average molecular weight is 570 g/mol. The van der Waals surface area contributed by atoms with Gasteiger partial charge in [0.15, 0.2) is 11.5 Å². The van der Waals surface area contributed by atoms with Gasteiger partial charge in [-0.05, 0) is 65.1 Å². The van der Waals surface area contributed by atoms with Gasteiger partial charge >= 0.3 is 0 Å². The van der Waals surface area contributed by atoms with Crippen LogP contribution < -0.4 is 24.4 Å². The van der Waals surface area contributed by atoms with Crippen LogP contribution in [-0.2, 0) is 19.8 Å². The number of ether oxygens (including phenoxy) is 4. The number of hydrogen-bond donors (Lipinski definition) is 2. The number of hydrogen-bond acceptors (Lipinski definition) is 6. The van der Waals surface area contributed by atoms with Gasteiger partial charge < -0.3 is 24.2 Å². The normalized spacial score (nSPS) is 12.3. The molecular formula is C30H26Cl2FNO5. The van der Waals surface area contributed by atoms with Crippen LogP contribution in [0.25, 0.3) is 11.1 Å². The van der Waals surface area contributed by atoms with E-state index in [1.807, 2.05) is 37.3 Å². The van der Waals surface area contributed by atoms with Gasteiger partial charge in [-0.2, -0.15) is 0 Å². The summed E-state index contributed by atoms with van der Waals surface area (Å²) >= 11 is 12.4. The summed E-state index contributed by atoms with van der Waals surface area (Å²) in [4.78, 5) is 0.